The highest BCUT2D eigenvalue weighted by Gasteiger charge is 1.97. The van der Waals surface area contributed by atoms with Gasteiger partial charge < -0.3 is 14.3 Å². The third kappa shape index (κ3) is 4.08. The fourth-order valence-electron chi connectivity index (χ4n) is 0.846. The molecule has 2 rings (SSSR count). The summed E-state index contributed by atoms with van der Waals surface area (Å²) in [6.07, 6.45) is 3.25. The van der Waals surface area contributed by atoms with Crippen molar-refractivity contribution in [2.45, 2.75) is 0 Å². The Hall–Kier alpha value is -1.42. The second-order valence-corrected chi connectivity index (χ2v) is 3.46. The van der Waals surface area contributed by atoms with E-state index in [1.165, 1.54) is 0 Å². The molecule has 0 amide bonds. The molecule has 1 N–H and O–H groups in total. The molecule has 0 radical (unpaired) electrons. The van der Waals surface area contributed by atoms with Crippen LogP contribution in [0.15, 0.2) is 51.7 Å². The summed E-state index contributed by atoms with van der Waals surface area (Å²) in [7, 11) is 1.56. The Labute approximate surface area is 96.4 Å². The fraction of sp³-hybridized carbons (Fsp3) is 0.0909. The van der Waals surface area contributed by atoms with E-state index in [2.05, 4.69) is 20.3 Å². The molecule has 0 spiro atoms. The summed E-state index contributed by atoms with van der Waals surface area (Å²) >= 11 is 3.15. The molecule has 3 nitrogen and oxygen atoms in total. The molecular formula is C11H11BrO3. The second-order valence-electron chi connectivity index (χ2n) is 2.61. The standard InChI is InChI=1S/C7H7BrO2.C4H4O/c1-10-5-2-3-6(8)7(9)4-5;1-2-4-5-3-1/h2-4,9H,1H3;1-4H. The number of aromatic hydroxyl groups is 1. The lowest BCUT2D eigenvalue weighted by atomic mass is 10.3. The van der Waals surface area contributed by atoms with Crippen LogP contribution in [0.2, 0.25) is 0 Å². The third-order valence-corrected chi connectivity index (χ3v) is 2.25. The van der Waals surface area contributed by atoms with E-state index in [9.17, 15) is 0 Å². The lowest BCUT2D eigenvalue weighted by Gasteiger charge is -2.00. The van der Waals surface area contributed by atoms with Crippen LogP contribution in [0.5, 0.6) is 11.5 Å². The van der Waals surface area contributed by atoms with Gasteiger partial charge in [-0.2, -0.15) is 0 Å². The van der Waals surface area contributed by atoms with Crippen molar-refractivity contribution >= 4 is 15.9 Å². The van der Waals surface area contributed by atoms with Crippen LogP contribution >= 0.6 is 15.9 Å². The highest BCUT2D eigenvalue weighted by molar-refractivity contribution is 9.10. The molecule has 1 aromatic heterocycles. The Morgan fingerprint density at radius 2 is 1.93 bits per heavy atom. The predicted molar refractivity (Wildman–Crippen MR) is 61.1 cm³/mol. The van der Waals surface area contributed by atoms with Crippen molar-refractivity contribution in [1.82, 2.24) is 0 Å². The molecule has 0 saturated carbocycles. The predicted octanol–water partition coefficient (Wildman–Crippen LogP) is 3.44. The normalized spacial score (nSPS) is 8.93. The molecular weight excluding hydrogens is 260 g/mol. The van der Waals surface area contributed by atoms with Crippen LogP contribution in [0.4, 0.5) is 0 Å². The van der Waals surface area contributed by atoms with Gasteiger partial charge in [-0.05, 0) is 40.2 Å². The van der Waals surface area contributed by atoms with E-state index in [1.807, 2.05) is 12.1 Å². The maximum absolute atomic E-state index is 9.10. The SMILES string of the molecule is COc1ccc(Br)c(O)c1.c1ccoc1. The van der Waals surface area contributed by atoms with Crippen molar-refractivity contribution in [2.75, 3.05) is 7.11 Å². The molecule has 15 heavy (non-hydrogen) atoms. The third-order valence-electron chi connectivity index (χ3n) is 1.58. The van der Waals surface area contributed by atoms with Gasteiger partial charge in [0.15, 0.2) is 0 Å². The Morgan fingerprint density at radius 1 is 1.27 bits per heavy atom. The number of rotatable bonds is 1. The van der Waals surface area contributed by atoms with Crippen molar-refractivity contribution < 1.29 is 14.3 Å². The van der Waals surface area contributed by atoms with Gasteiger partial charge in [0.1, 0.15) is 11.5 Å². The van der Waals surface area contributed by atoms with Crippen LogP contribution in [0.3, 0.4) is 0 Å². The van der Waals surface area contributed by atoms with E-state index >= 15 is 0 Å². The average molecular weight is 271 g/mol. The van der Waals surface area contributed by atoms with Gasteiger partial charge in [-0.3, -0.25) is 0 Å². The largest absolute Gasteiger partial charge is 0.507 e. The highest BCUT2D eigenvalue weighted by atomic mass is 79.9. The summed E-state index contributed by atoms with van der Waals surface area (Å²) in [6.45, 7) is 0. The molecule has 0 unspecified atom stereocenters. The van der Waals surface area contributed by atoms with E-state index in [-0.39, 0.29) is 5.75 Å². The topological polar surface area (TPSA) is 42.6 Å². The molecule has 0 bridgehead atoms. The van der Waals surface area contributed by atoms with Gasteiger partial charge in [0.25, 0.3) is 0 Å². The van der Waals surface area contributed by atoms with E-state index in [0.29, 0.717) is 10.2 Å². The fourth-order valence-corrected chi connectivity index (χ4v) is 1.09. The second kappa shape index (κ2) is 6.14. The van der Waals surface area contributed by atoms with E-state index in [1.54, 1.807) is 37.8 Å². The number of ether oxygens (including phenoxy) is 1. The van der Waals surface area contributed by atoms with Crippen molar-refractivity contribution in [3.05, 3.63) is 47.3 Å². The minimum atomic E-state index is 0.194. The highest BCUT2D eigenvalue weighted by Crippen LogP contribution is 2.27. The van der Waals surface area contributed by atoms with Gasteiger partial charge in [0.05, 0.1) is 24.1 Å². The zero-order valence-corrected chi connectivity index (χ0v) is 9.77. The summed E-state index contributed by atoms with van der Waals surface area (Å²) in [4.78, 5) is 0. The van der Waals surface area contributed by atoms with Crippen molar-refractivity contribution in [3.8, 4) is 11.5 Å². The Morgan fingerprint density at radius 3 is 2.33 bits per heavy atom. The molecule has 0 atom stereocenters. The zero-order valence-electron chi connectivity index (χ0n) is 8.18. The molecule has 0 aliphatic heterocycles. The number of hydrogen-bond donors (Lipinski definition) is 1. The Kier molecular flexibility index (Phi) is 4.77. The van der Waals surface area contributed by atoms with Gasteiger partial charge in [-0.15, -0.1) is 0 Å². The molecule has 0 fully saturated rings. The maximum Gasteiger partial charge on any atom is 0.133 e. The molecule has 0 aliphatic carbocycles. The van der Waals surface area contributed by atoms with Crippen LogP contribution in [0.1, 0.15) is 0 Å². The van der Waals surface area contributed by atoms with Gasteiger partial charge in [-0.1, -0.05) is 0 Å². The van der Waals surface area contributed by atoms with Crippen LogP contribution in [-0.4, -0.2) is 12.2 Å². The summed E-state index contributed by atoms with van der Waals surface area (Å²) in [5, 5.41) is 9.10. The average Bonchev–Trinajstić information content (AvgIpc) is 2.80. The first-order valence-electron chi connectivity index (χ1n) is 4.23. The summed E-state index contributed by atoms with van der Waals surface area (Å²) in [5.41, 5.74) is 0. The van der Waals surface area contributed by atoms with E-state index in [0.717, 1.165) is 0 Å². The molecule has 0 aliphatic rings. The van der Waals surface area contributed by atoms with Crippen molar-refractivity contribution in [3.63, 3.8) is 0 Å². The Balaban J connectivity index is 0.000000187. The van der Waals surface area contributed by atoms with Crippen molar-refractivity contribution in [1.29, 1.82) is 0 Å². The summed E-state index contributed by atoms with van der Waals surface area (Å²) in [6, 6.07) is 8.71. The van der Waals surface area contributed by atoms with E-state index in [4.69, 9.17) is 9.84 Å². The van der Waals surface area contributed by atoms with Gasteiger partial charge in [-0.25, -0.2) is 0 Å². The first-order valence-corrected chi connectivity index (χ1v) is 5.03. The lowest BCUT2D eigenvalue weighted by molar-refractivity contribution is 0.407. The van der Waals surface area contributed by atoms with E-state index < -0.39 is 0 Å². The molecule has 4 heteroatoms. The smallest absolute Gasteiger partial charge is 0.133 e. The molecule has 0 saturated heterocycles. The number of halogens is 1. The number of benzene rings is 1. The van der Waals surface area contributed by atoms with Crippen LogP contribution in [-0.2, 0) is 0 Å². The minimum absolute atomic E-state index is 0.194. The Bertz CT molecular complexity index is 368. The lowest BCUT2D eigenvalue weighted by Crippen LogP contribution is -1.80. The number of furan rings is 1. The maximum atomic E-state index is 9.10. The van der Waals surface area contributed by atoms with Gasteiger partial charge >= 0.3 is 0 Å². The van der Waals surface area contributed by atoms with Crippen LogP contribution in [0.25, 0.3) is 0 Å². The zero-order chi connectivity index (χ0) is 11.1. The number of methoxy groups -OCH3 is 1. The summed E-state index contributed by atoms with van der Waals surface area (Å²) in [5.74, 6) is 0.847. The van der Waals surface area contributed by atoms with Crippen molar-refractivity contribution in [2.24, 2.45) is 0 Å². The minimum Gasteiger partial charge on any atom is -0.507 e. The molecule has 1 aromatic carbocycles. The van der Waals surface area contributed by atoms with Crippen LogP contribution < -0.4 is 4.74 Å². The number of phenolic OH excluding ortho intramolecular Hbond substituents is 1. The molecule has 80 valence electrons. The molecule has 2 aromatic rings. The first kappa shape index (κ1) is 11.7. The first-order chi connectivity index (χ1) is 7.24. The number of phenols is 1. The summed E-state index contributed by atoms with van der Waals surface area (Å²) < 4.78 is 10.1. The quantitative estimate of drug-likeness (QED) is 0.863. The van der Waals surface area contributed by atoms with Crippen LogP contribution in [0, 0.1) is 0 Å². The molecule has 1 heterocycles. The van der Waals surface area contributed by atoms with Gasteiger partial charge in [0.2, 0.25) is 0 Å². The monoisotopic (exact) mass is 270 g/mol. The van der Waals surface area contributed by atoms with Gasteiger partial charge in [0, 0.05) is 6.07 Å². The number of hydrogen-bond acceptors (Lipinski definition) is 3.